The van der Waals surface area contributed by atoms with Crippen molar-refractivity contribution in [1.82, 2.24) is 4.98 Å². The first-order valence-corrected chi connectivity index (χ1v) is 4.57. The van der Waals surface area contributed by atoms with E-state index in [1.807, 2.05) is 54.6 Å². The Morgan fingerprint density at radius 1 is 0.941 bits per heavy atom. The topological polar surface area (TPSA) is 15.8 Å². The first kappa shape index (κ1) is 18.8. The smallest absolute Gasteiger partial charge is 1.00 e. The van der Waals surface area contributed by atoms with Crippen molar-refractivity contribution in [3.63, 3.8) is 0 Å². The number of H-pyrrole nitrogens is 1. The van der Waals surface area contributed by atoms with Gasteiger partial charge in [-0.1, -0.05) is 12.1 Å². The van der Waals surface area contributed by atoms with E-state index in [0.29, 0.717) is 0 Å². The molecule has 0 aliphatic carbocycles. The summed E-state index contributed by atoms with van der Waals surface area (Å²) in [6, 6.07) is 20.1. The van der Waals surface area contributed by atoms with E-state index in [1.165, 1.54) is 5.39 Å². The van der Waals surface area contributed by atoms with Crippen molar-refractivity contribution >= 4 is 10.9 Å². The van der Waals surface area contributed by atoms with Crippen molar-refractivity contribution in [2.45, 2.75) is 0 Å². The second-order valence-electron chi connectivity index (χ2n) is 2.96. The summed E-state index contributed by atoms with van der Waals surface area (Å²) in [6.45, 7) is 0. The second-order valence-corrected chi connectivity index (χ2v) is 2.96. The molecule has 1 nitrogen and oxygen atoms in total. The summed E-state index contributed by atoms with van der Waals surface area (Å²) in [5, 5.41) is 1.22. The molecule has 0 unspecified atom stereocenters. The van der Waals surface area contributed by atoms with Crippen LogP contribution < -0.4 is 24.8 Å². The molecule has 0 fully saturated rings. The van der Waals surface area contributed by atoms with E-state index in [9.17, 15) is 0 Å². The summed E-state index contributed by atoms with van der Waals surface area (Å²) in [4.78, 5) is 2.99. The van der Waals surface area contributed by atoms with E-state index < -0.39 is 0 Å². The van der Waals surface area contributed by atoms with Crippen molar-refractivity contribution < 1.29 is 46.5 Å². The number of aromatic amines is 1. The number of halogens is 2. The molecule has 3 aromatic rings. The minimum absolute atomic E-state index is 0. The number of nitrogens with one attached hydrogen (secondary N) is 1. The molecule has 0 aliphatic heterocycles. The Bertz CT molecular complexity index is 429. The molecule has 0 radical (unpaired) electrons. The van der Waals surface area contributed by atoms with Crippen molar-refractivity contribution in [2.24, 2.45) is 0 Å². The van der Waals surface area contributed by atoms with Crippen LogP contribution >= 0.6 is 0 Å². The fraction of sp³-hybridized carbons (Fsp3) is 0. The Morgan fingerprint density at radius 2 is 1.59 bits per heavy atom. The number of aromatic nitrogens is 1. The second kappa shape index (κ2) is 10.6. The van der Waals surface area contributed by atoms with Crippen molar-refractivity contribution in [1.29, 1.82) is 0 Å². The van der Waals surface area contributed by atoms with E-state index in [-0.39, 0.29) is 46.5 Å². The summed E-state index contributed by atoms with van der Waals surface area (Å²) in [6.07, 6.45) is 2.91. The predicted molar refractivity (Wildman–Crippen MR) is 59.2 cm³/mol. The summed E-state index contributed by atoms with van der Waals surface area (Å²) >= 11 is 0. The molecule has 0 atom stereocenters. The van der Waals surface area contributed by atoms with Gasteiger partial charge in [0.1, 0.15) is 0 Å². The molecule has 0 spiro atoms. The van der Waals surface area contributed by atoms with Crippen LogP contribution in [0.4, 0.5) is 0 Å². The van der Waals surface area contributed by atoms with Crippen LogP contribution in [0.25, 0.3) is 10.9 Å². The Kier molecular flexibility index (Phi) is 11.6. The third-order valence-electron chi connectivity index (χ3n) is 1.95. The molecule has 3 rings (SSSR count). The van der Waals surface area contributed by atoms with Gasteiger partial charge in [-0.3, -0.25) is 0 Å². The van der Waals surface area contributed by atoms with Gasteiger partial charge in [0.2, 0.25) is 0 Å². The SMILES string of the molecule is [Cl-].[Cl-].[Ti+4].[c-]1cc2ccccc2[nH]1.c1cc[cH-]c1. The molecular weight excluding hydrogens is 289 g/mol. The van der Waals surface area contributed by atoms with E-state index in [1.54, 1.807) is 0 Å². The first-order chi connectivity index (χ1) is 6.97. The van der Waals surface area contributed by atoms with Gasteiger partial charge in [-0.2, -0.15) is 29.7 Å². The molecule has 0 saturated heterocycles. The molecule has 0 amide bonds. The number of rotatable bonds is 0. The van der Waals surface area contributed by atoms with Gasteiger partial charge < -0.3 is 29.8 Å². The molecule has 86 valence electrons. The number of para-hydroxylation sites is 1. The molecule has 1 heterocycles. The Morgan fingerprint density at radius 3 is 2.12 bits per heavy atom. The zero-order valence-corrected chi connectivity index (χ0v) is 12.1. The van der Waals surface area contributed by atoms with Crippen LogP contribution in [-0.2, 0) is 21.7 Å². The number of hydrogen-bond donors (Lipinski definition) is 1. The zero-order chi connectivity index (χ0) is 9.64. The summed E-state index contributed by atoms with van der Waals surface area (Å²) in [5.74, 6) is 0. The molecule has 4 heteroatoms. The Balaban J connectivity index is 0. The average Bonchev–Trinajstić information content (AvgIpc) is 2.92. The van der Waals surface area contributed by atoms with E-state index in [4.69, 9.17) is 0 Å². The minimum atomic E-state index is 0. The monoisotopic (exact) mass is 299 g/mol. The minimum Gasteiger partial charge on any atom is -1.00 e. The summed E-state index contributed by atoms with van der Waals surface area (Å²) in [7, 11) is 0. The van der Waals surface area contributed by atoms with Crippen LogP contribution in [0.2, 0.25) is 0 Å². The van der Waals surface area contributed by atoms with Gasteiger partial charge in [0, 0.05) is 0 Å². The third kappa shape index (κ3) is 6.04. The fourth-order valence-corrected chi connectivity index (χ4v) is 1.25. The average molecular weight is 300 g/mol. The quantitative estimate of drug-likeness (QED) is 0.346. The first-order valence-electron chi connectivity index (χ1n) is 4.57. The van der Waals surface area contributed by atoms with Crippen LogP contribution in [0, 0.1) is 6.20 Å². The summed E-state index contributed by atoms with van der Waals surface area (Å²) < 4.78 is 0. The third-order valence-corrected chi connectivity index (χ3v) is 1.95. The van der Waals surface area contributed by atoms with Gasteiger partial charge in [0.25, 0.3) is 0 Å². The molecule has 1 aromatic heterocycles. The molecule has 0 bridgehead atoms. The maximum atomic E-state index is 2.99. The Labute approximate surface area is 129 Å². The van der Waals surface area contributed by atoms with Gasteiger partial charge in [0.05, 0.1) is 0 Å². The molecule has 2 aromatic carbocycles. The van der Waals surface area contributed by atoms with E-state index >= 15 is 0 Å². The molecule has 1 N–H and O–H groups in total. The van der Waals surface area contributed by atoms with Crippen LogP contribution in [0.1, 0.15) is 0 Å². The number of hydrogen-bond acceptors (Lipinski definition) is 0. The van der Waals surface area contributed by atoms with E-state index in [0.717, 1.165) is 5.52 Å². The number of fused-ring (bicyclic) bond motifs is 1. The van der Waals surface area contributed by atoms with Gasteiger partial charge in [-0.25, -0.2) is 12.1 Å². The van der Waals surface area contributed by atoms with Crippen molar-refractivity contribution in [2.75, 3.05) is 0 Å². The van der Waals surface area contributed by atoms with Crippen molar-refractivity contribution in [3.8, 4) is 0 Å². The predicted octanol–water partition coefficient (Wildman–Crippen LogP) is -2.62. The van der Waals surface area contributed by atoms with Crippen LogP contribution in [0.3, 0.4) is 0 Å². The fourth-order valence-electron chi connectivity index (χ4n) is 1.25. The molecule has 0 saturated carbocycles. The van der Waals surface area contributed by atoms with Gasteiger partial charge in [0.15, 0.2) is 0 Å². The Hall–Kier alpha value is -0.596. The van der Waals surface area contributed by atoms with E-state index in [2.05, 4.69) is 17.2 Å². The van der Waals surface area contributed by atoms with Crippen LogP contribution in [0.15, 0.2) is 60.7 Å². The maximum absolute atomic E-state index is 2.99. The van der Waals surface area contributed by atoms with Crippen molar-refractivity contribution in [3.05, 3.63) is 66.9 Å². The number of benzene rings is 1. The van der Waals surface area contributed by atoms with Crippen LogP contribution in [-0.4, -0.2) is 4.98 Å². The van der Waals surface area contributed by atoms with Gasteiger partial charge in [-0.05, 0) is 0 Å². The van der Waals surface area contributed by atoms with Crippen LogP contribution in [0.5, 0.6) is 0 Å². The normalized spacial score (nSPS) is 7.76. The summed E-state index contributed by atoms with van der Waals surface area (Å²) in [5.41, 5.74) is 1.15. The zero-order valence-electron chi connectivity index (χ0n) is 9.03. The maximum Gasteiger partial charge on any atom is 4.00 e. The van der Waals surface area contributed by atoms with Gasteiger partial charge in [-0.15, -0.1) is 23.8 Å². The molecule has 0 aliphatic rings. The largest absolute Gasteiger partial charge is 4.00 e. The molecular formula is C13H11Cl2NTi. The van der Waals surface area contributed by atoms with Gasteiger partial charge >= 0.3 is 21.7 Å². The molecule has 17 heavy (non-hydrogen) atoms. The standard InChI is InChI=1S/C8H6N.C5H5.2ClH.Ti/c1-2-4-8-7(3-1)5-6-9-8;1-2-4-5-3-1;;;/h1-5,9H;1-5H;2*1H;/q2*-1;;;+4/p-2.